The van der Waals surface area contributed by atoms with Gasteiger partial charge >= 0.3 is 5.97 Å². The molecular weight excluding hydrogens is 289 g/mol. The molecular formula is C12H15BrFNO2. The number of carbonyl (C=O) groups is 1. The molecule has 0 aromatic heterocycles. The Hall–Kier alpha value is -0.940. The molecule has 94 valence electrons. The Balaban J connectivity index is 3.13. The minimum Gasteiger partial charge on any atom is -0.480 e. The van der Waals surface area contributed by atoms with Gasteiger partial charge in [0.1, 0.15) is 11.9 Å². The van der Waals surface area contributed by atoms with Crippen LogP contribution in [-0.4, -0.2) is 29.1 Å². The number of halogens is 2. The Kier molecular flexibility index (Phi) is 5.08. The Morgan fingerprint density at radius 2 is 2.06 bits per heavy atom. The number of carboxylic acid groups (broad SMARTS) is 1. The van der Waals surface area contributed by atoms with Gasteiger partial charge in [0.2, 0.25) is 0 Å². The lowest BCUT2D eigenvalue weighted by molar-refractivity contribution is -0.143. The molecule has 0 radical (unpaired) electrons. The first-order valence-corrected chi connectivity index (χ1v) is 6.22. The summed E-state index contributed by atoms with van der Waals surface area (Å²) < 4.78 is 13.8. The third-order valence-corrected chi connectivity index (χ3v) is 3.31. The first kappa shape index (κ1) is 14.1. The molecule has 1 rings (SSSR count). The van der Waals surface area contributed by atoms with Crippen molar-refractivity contribution in [3.8, 4) is 0 Å². The zero-order valence-electron chi connectivity index (χ0n) is 9.78. The highest BCUT2D eigenvalue weighted by molar-refractivity contribution is 9.10. The fourth-order valence-corrected chi connectivity index (χ4v) is 2.03. The normalized spacial score (nSPS) is 12.8. The maximum atomic E-state index is 13.4. The Morgan fingerprint density at radius 1 is 1.47 bits per heavy atom. The van der Waals surface area contributed by atoms with Crippen LogP contribution in [0.5, 0.6) is 0 Å². The van der Waals surface area contributed by atoms with Crippen molar-refractivity contribution in [1.29, 1.82) is 0 Å². The second-order valence-electron chi connectivity index (χ2n) is 3.64. The molecule has 1 aromatic carbocycles. The molecule has 5 heteroatoms. The van der Waals surface area contributed by atoms with E-state index in [1.165, 1.54) is 12.1 Å². The van der Waals surface area contributed by atoms with E-state index in [2.05, 4.69) is 15.9 Å². The smallest absolute Gasteiger partial charge is 0.325 e. The van der Waals surface area contributed by atoms with E-state index in [1.54, 1.807) is 11.0 Å². The topological polar surface area (TPSA) is 40.5 Å². The second-order valence-corrected chi connectivity index (χ2v) is 4.49. The number of nitrogens with zero attached hydrogens (tertiary/aromatic N) is 1. The van der Waals surface area contributed by atoms with Crippen molar-refractivity contribution in [2.75, 3.05) is 13.1 Å². The Labute approximate surface area is 108 Å². The van der Waals surface area contributed by atoms with Gasteiger partial charge in [0.25, 0.3) is 0 Å². The summed E-state index contributed by atoms with van der Waals surface area (Å²) >= 11 is 3.05. The van der Waals surface area contributed by atoms with E-state index < -0.39 is 17.8 Å². The molecule has 3 nitrogen and oxygen atoms in total. The summed E-state index contributed by atoms with van der Waals surface area (Å²) in [4.78, 5) is 13.0. The number of carboxylic acids is 1. The van der Waals surface area contributed by atoms with Gasteiger partial charge in [-0.05, 0) is 46.7 Å². The van der Waals surface area contributed by atoms with E-state index in [-0.39, 0.29) is 0 Å². The van der Waals surface area contributed by atoms with Gasteiger partial charge in [-0.15, -0.1) is 0 Å². The van der Waals surface area contributed by atoms with Crippen LogP contribution in [0.25, 0.3) is 0 Å². The van der Waals surface area contributed by atoms with E-state index in [1.807, 2.05) is 13.8 Å². The number of hydrogen-bond acceptors (Lipinski definition) is 2. The first-order valence-electron chi connectivity index (χ1n) is 5.43. The van der Waals surface area contributed by atoms with E-state index in [0.717, 1.165) is 0 Å². The van der Waals surface area contributed by atoms with Gasteiger partial charge in [-0.3, -0.25) is 9.69 Å². The van der Waals surface area contributed by atoms with Gasteiger partial charge in [0, 0.05) is 0 Å². The molecule has 0 saturated carbocycles. The SMILES string of the molecule is CCN(CC)C(C(=O)O)c1ccc(Br)c(F)c1. The highest BCUT2D eigenvalue weighted by atomic mass is 79.9. The molecule has 0 bridgehead atoms. The van der Waals surface area contributed by atoms with Crippen molar-refractivity contribution in [3.05, 3.63) is 34.1 Å². The molecule has 1 atom stereocenters. The monoisotopic (exact) mass is 303 g/mol. The molecule has 0 spiro atoms. The standard InChI is InChI=1S/C12H15BrFNO2/c1-3-15(4-2)11(12(16)17)8-5-6-9(13)10(14)7-8/h5-7,11H,3-4H2,1-2H3,(H,16,17). The minimum atomic E-state index is -0.963. The molecule has 1 aromatic rings. The highest BCUT2D eigenvalue weighted by Gasteiger charge is 2.25. The van der Waals surface area contributed by atoms with Crippen LogP contribution in [0.2, 0.25) is 0 Å². The van der Waals surface area contributed by atoms with Gasteiger partial charge in [-0.1, -0.05) is 19.9 Å². The highest BCUT2D eigenvalue weighted by Crippen LogP contribution is 2.25. The molecule has 0 aliphatic carbocycles. The van der Waals surface area contributed by atoms with Crippen molar-refractivity contribution >= 4 is 21.9 Å². The molecule has 0 heterocycles. The molecule has 0 amide bonds. The van der Waals surface area contributed by atoms with Gasteiger partial charge in [-0.25, -0.2) is 4.39 Å². The molecule has 17 heavy (non-hydrogen) atoms. The van der Waals surface area contributed by atoms with Crippen LogP contribution in [0.3, 0.4) is 0 Å². The third kappa shape index (κ3) is 3.26. The van der Waals surface area contributed by atoms with Gasteiger partial charge in [-0.2, -0.15) is 0 Å². The van der Waals surface area contributed by atoms with Crippen LogP contribution in [0.15, 0.2) is 22.7 Å². The van der Waals surface area contributed by atoms with Crippen molar-refractivity contribution in [2.24, 2.45) is 0 Å². The number of hydrogen-bond donors (Lipinski definition) is 1. The lowest BCUT2D eigenvalue weighted by Crippen LogP contribution is -2.33. The number of aliphatic carboxylic acids is 1. The molecule has 1 unspecified atom stereocenters. The number of likely N-dealkylation sites (N-methyl/N-ethyl adjacent to an activating group) is 1. The van der Waals surface area contributed by atoms with Crippen LogP contribution in [0.4, 0.5) is 4.39 Å². The fourth-order valence-electron chi connectivity index (χ4n) is 1.78. The van der Waals surface area contributed by atoms with Crippen LogP contribution < -0.4 is 0 Å². The van der Waals surface area contributed by atoms with Crippen LogP contribution in [0.1, 0.15) is 25.5 Å². The van der Waals surface area contributed by atoms with Crippen molar-refractivity contribution in [1.82, 2.24) is 4.90 Å². The van der Waals surface area contributed by atoms with E-state index in [9.17, 15) is 14.3 Å². The molecule has 0 saturated heterocycles. The average Bonchev–Trinajstić information content (AvgIpc) is 2.29. The molecule has 0 aliphatic rings. The minimum absolute atomic E-state index is 0.338. The summed E-state index contributed by atoms with van der Waals surface area (Å²) in [5, 5.41) is 9.24. The lowest BCUT2D eigenvalue weighted by Gasteiger charge is -2.26. The Bertz CT molecular complexity index is 407. The van der Waals surface area contributed by atoms with Gasteiger partial charge in [0.05, 0.1) is 4.47 Å². The Morgan fingerprint density at radius 3 is 2.47 bits per heavy atom. The summed E-state index contributed by atoms with van der Waals surface area (Å²) in [7, 11) is 0. The third-order valence-electron chi connectivity index (χ3n) is 2.67. The van der Waals surface area contributed by atoms with E-state index in [4.69, 9.17) is 0 Å². The number of rotatable bonds is 5. The number of benzene rings is 1. The zero-order valence-corrected chi connectivity index (χ0v) is 11.4. The summed E-state index contributed by atoms with van der Waals surface area (Å²) in [5.41, 5.74) is 0.460. The summed E-state index contributed by atoms with van der Waals surface area (Å²) in [6.07, 6.45) is 0. The van der Waals surface area contributed by atoms with E-state index >= 15 is 0 Å². The van der Waals surface area contributed by atoms with Crippen LogP contribution in [-0.2, 0) is 4.79 Å². The molecule has 1 N–H and O–H groups in total. The summed E-state index contributed by atoms with van der Waals surface area (Å²) in [6.45, 7) is 4.97. The predicted octanol–water partition coefficient (Wildman–Crippen LogP) is 3.06. The quantitative estimate of drug-likeness (QED) is 0.909. The van der Waals surface area contributed by atoms with Gasteiger partial charge < -0.3 is 5.11 Å². The van der Waals surface area contributed by atoms with E-state index in [0.29, 0.717) is 23.1 Å². The zero-order chi connectivity index (χ0) is 13.0. The lowest BCUT2D eigenvalue weighted by atomic mass is 10.1. The van der Waals surface area contributed by atoms with Crippen molar-refractivity contribution in [2.45, 2.75) is 19.9 Å². The second kappa shape index (κ2) is 6.12. The van der Waals surface area contributed by atoms with Crippen LogP contribution >= 0.6 is 15.9 Å². The maximum absolute atomic E-state index is 13.4. The average molecular weight is 304 g/mol. The molecule has 0 aliphatic heterocycles. The van der Waals surface area contributed by atoms with Crippen LogP contribution in [0, 0.1) is 5.82 Å². The molecule has 0 fully saturated rings. The van der Waals surface area contributed by atoms with Gasteiger partial charge in [0.15, 0.2) is 0 Å². The largest absolute Gasteiger partial charge is 0.480 e. The summed E-state index contributed by atoms with van der Waals surface area (Å²) in [6, 6.07) is 3.63. The predicted molar refractivity (Wildman–Crippen MR) is 67.4 cm³/mol. The van der Waals surface area contributed by atoms with Crippen molar-refractivity contribution < 1.29 is 14.3 Å². The fraction of sp³-hybridized carbons (Fsp3) is 0.417. The first-order chi connectivity index (χ1) is 8.01. The summed E-state index contributed by atoms with van der Waals surface area (Å²) in [5.74, 6) is -1.41. The maximum Gasteiger partial charge on any atom is 0.325 e. The van der Waals surface area contributed by atoms with Crippen molar-refractivity contribution in [3.63, 3.8) is 0 Å².